The molecule has 13 heteroatoms. The molecule has 5 N–H and O–H groups in total. The number of aromatic nitrogens is 6. The molecule has 0 bridgehead atoms. The minimum atomic E-state index is -0.994. The number of pyridine rings is 2. The lowest BCUT2D eigenvalue weighted by Gasteiger charge is -2.41. The van der Waals surface area contributed by atoms with Crippen LogP contribution in [0.25, 0.3) is 22.4 Å². The van der Waals surface area contributed by atoms with Gasteiger partial charge in [0.05, 0.1) is 41.7 Å². The zero-order valence-corrected chi connectivity index (χ0v) is 21.1. The van der Waals surface area contributed by atoms with E-state index in [1.54, 1.807) is 23.2 Å². The smallest absolute Gasteiger partial charge is 0.255 e. The van der Waals surface area contributed by atoms with Gasteiger partial charge < -0.3 is 26.0 Å². The van der Waals surface area contributed by atoms with Gasteiger partial charge in [0, 0.05) is 18.7 Å². The van der Waals surface area contributed by atoms with Crippen molar-refractivity contribution in [2.45, 2.75) is 24.9 Å². The van der Waals surface area contributed by atoms with Crippen LogP contribution in [-0.4, -0.2) is 47.7 Å². The van der Waals surface area contributed by atoms with Crippen molar-refractivity contribution in [1.82, 2.24) is 29.5 Å². The summed E-state index contributed by atoms with van der Waals surface area (Å²) in [5.74, 6) is -3.20. The Kier molecular flexibility index (Phi) is 6.22. The summed E-state index contributed by atoms with van der Waals surface area (Å²) in [4.78, 5) is 23.2. The van der Waals surface area contributed by atoms with Crippen LogP contribution in [0, 0.1) is 17.6 Å². The molecular formula is C27H24F3N9O. The molecule has 1 aromatic carbocycles. The molecule has 0 amide bonds. The second-order valence-electron chi connectivity index (χ2n) is 9.82. The number of hydrogen-bond acceptors (Lipinski definition) is 9. The quantitative estimate of drug-likeness (QED) is 0.282. The van der Waals surface area contributed by atoms with Crippen LogP contribution in [-0.2, 0) is 12.1 Å². The first-order valence-corrected chi connectivity index (χ1v) is 12.5. The SMILES string of the molecule is Nc1ncnc2c1ncn2Cc1cc(-c2ccc(F)c(F)c2)ncc1N1CCCC(N)(c2ccc(O)c(F)n2)C1. The number of anilines is 2. The standard InChI is InChI=1S/C27H24F3N9O/c28-17-3-2-15(8-18(17)29)19-9-16(11-39-14-36-23-25(31)34-13-35-26(23)39)20(10-33-19)38-7-1-6-27(32,12-38)22-5-4-21(40)24(30)37-22/h2-5,8-10,13-14,40H,1,6-7,11-12,32H2,(H2,31,34,35). The van der Waals surface area contributed by atoms with E-state index in [9.17, 15) is 18.3 Å². The van der Waals surface area contributed by atoms with Crippen LogP contribution >= 0.6 is 0 Å². The Balaban J connectivity index is 1.42. The number of fused-ring (bicyclic) bond motifs is 1. The van der Waals surface area contributed by atoms with E-state index >= 15 is 0 Å². The molecule has 204 valence electrons. The van der Waals surface area contributed by atoms with Gasteiger partial charge in [-0.1, -0.05) is 0 Å². The van der Waals surface area contributed by atoms with E-state index in [-0.39, 0.29) is 5.82 Å². The molecule has 1 unspecified atom stereocenters. The lowest BCUT2D eigenvalue weighted by molar-refractivity contribution is 0.336. The van der Waals surface area contributed by atoms with Crippen LogP contribution in [0.2, 0.25) is 0 Å². The molecule has 0 saturated carbocycles. The van der Waals surface area contributed by atoms with Gasteiger partial charge >= 0.3 is 0 Å². The highest BCUT2D eigenvalue weighted by Crippen LogP contribution is 2.35. The first-order valence-electron chi connectivity index (χ1n) is 12.5. The lowest BCUT2D eigenvalue weighted by Crippen LogP contribution is -2.52. The van der Waals surface area contributed by atoms with Gasteiger partial charge in [-0.2, -0.15) is 4.39 Å². The molecule has 4 aromatic heterocycles. The number of benzene rings is 1. The van der Waals surface area contributed by atoms with Gasteiger partial charge in [-0.25, -0.2) is 28.7 Å². The highest BCUT2D eigenvalue weighted by Gasteiger charge is 2.36. The first-order chi connectivity index (χ1) is 19.2. The van der Waals surface area contributed by atoms with Crippen LogP contribution < -0.4 is 16.4 Å². The molecule has 0 spiro atoms. The normalized spacial score (nSPS) is 17.4. The molecule has 5 heterocycles. The largest absolute Gasteiger partial charge is 0.504 e. The number of nitrogens with zero attached hydrogens (tertiary/aromatic N) is 7. The number of imidazole rings is 1. The van der Waals surface area contributed by atoms with Gasteiger partial charge in [0.2, 0.25) is 0 Å². The van der Waals surface area contributed by atoms with Crippen LogP contribution in [0.15, 0.2) is 55.2 Å². The van der Waals surface area contributed by atoms with Gasteiger partial charge in [0.1, 0.15) is 11.8 Å². The number of aromatic hydroxyl groups is 1. The van der Waals surface area contributed by atoms with Crippen molar-refractivity contribution in [3.8, 4) is 17.0 Å². The Hall–Kier alpha value is -4.78. The summed E-state index contributed by atoms with van der Waals surface area (Å²) < 4.78 is 43.5. The minimum absolute atomic E-state index is 0.249. The van der Waals surface area contributed by atoms with Crippen molar-refractivity contribution in [2.24, 2.45) is 5.73 Å². The molecule has 0 radical (unpaired) electrons. The number of hydrogen-bond donors (Lipinski definition) is 3. The predicted molar refractivity (Wildman–Crippen MR) is 142 cm³/mol. The van der Waals surface area contributed by atoms with Gasteiger partial charge in [-0.3, -0.25) is 4.98 Å². The molecule has 1 aliphatic rings. The van der Waals surface area contributed by atoms with E-state index in [1.165, 1.54) is 24.5 Å². The second kappa shape index (κ2) is 9.75. The Morgan fingerprint density at radius 2 is 1.85 bits per heavy atom. The summed E-state index contributed by atoms with van der Waals surface area (Å²) in [6.07, 6.45) is 5.85. The minimum Gasteiger partial charge on any atom is -0.504 e. The summed E-state index contributed by atoms with van der Waals surface area (Å²) >= 11 is 0. The van der Waals surface area contributed by atoms with E-state index in [1.807, 2.05) is 4.90 Å². The van der Waals surface area contributed by atoms with Crippen molar-refractivity contribution >= 4 is 22.7 Å². The molecule has 0 aliphatic carbocycles. The van der Waals surface area contributed by atoms with Crippen molar-refractivity contribution < 1.29 is 18.3 Å². The monoisotopic (exact) mass is 547 g/mol. The zero-order chi connectivity index (χ0) is 28.0. The van der Waals surface area contributed by atoms with Gasteiger partial charge in [-0.05, 0) is 54.8 Å². The van der Waals surface area contributed by atoms with Gasteiger partial charge in [0.25, 0.3) is 5.95 Å². The van der Waals surface area contributed by atoms with E-state index in [0.29, 0.717) is 60.6 Å². The van der Waals surface area contributed by atoms with Gasteiger partial charge in [-0.15, -0.1) is 0 Å². The van der Waals surface area contributed by atoms with Crippen molar-refractivity contribution in [3.63, 3.8) is 0 Å². The number of nitrogen functional groups attached to an aromatic ring is 1. The second-order valence-corrected chi connectivity index (χ2v) is 9.82. The molecular weight excluding hydrogens is 523 g/mol. The Morgan fingerprint density at radius 3 is 2.65 bits per heavy atom. The van der Waals surface area contributed by atoms with Crippen molar-refractivity contribution in [3.05, 3.63) is 84.1 Å². The first kappa shape index (κ1) is 25.5. The molecule has 10 nitrogen and oxygen atoms in total. The maximum Gasteiger partial charge on any atom is 0.255 e. The fraction of sp³-hybridized carbons (Fsp3) is 0.222. The molecule has 1 saturated heterocycles. The Morgan fingerprint density at radius 1 is 1.00 bits per heavy atom. The number of halogens is 3. The topological polar surface area (TPSA) is 145 Å². The molecule has 5 aromatic rings. The predicted octanol–water partition coefficient (Wildman–Crippen LogP) is 3.49. The third kappa shape index (κ3) is 4.53. The van der Waals surface area contributed by atoms with Crippen LogP contribution in [0.1, 0.15) is 24.1 Å². The van der Waals surface area contributed by atoms with Crippen LogP contribution in [0.4, 0.5) is 24.7 Å². The Labute approximate surface area is 226 Å². The average Bonchev–Trinajstić information content (AvgIpc) is 3.35. The third-order valence-corrected chi connectivity index (χ3v) is 7.16. The average molecular weight is 548 g/mol. The maximum absolute atomic E-state index is 14.1. The van der Waals surface area contributed by atoms with Crippen LogP contribution in [0.3, 0.4) is 0 Å². The maximum atomic E-state index is 14.1. The summed E-state index contributed by atoms with van der Waals surface area (Å²) in [6.45, 7) is 1.23. The van der Waals surface area contributed by atoms with E-state index in [4.69, 9.17) is 11.5 Å². The summed E-state index contributed by atoms with van der Waals surface area (Å²) in [5.41, 5.74) is 15.4. The van der Waals surface area contributed by atoms with E-state index in [2.05, 4.69) is 24.9 Å². The molecule has 1 atom stereocenters. The highest BCUT2D eigenvalue weighted by molar-refractivity contribution is 5.81. The summed E-state index contributed by atoms with van der Waals surface area (Å²) in [7, 11) is 0. The van der Waals surface area contributed by atoms with Gasteiger partial charge in [0.15, 0.2) is 28.8 Å². The van der Waals surface area contributed by atoms with E-state index in [0.717, 1.165) is 23.4 Å². The Bertz CT molecular complexity index is 1740. The molecule has 1 fully saturated rings. The lowest BCUT2D eigenvalue weighted by atomic mass is 9.86. The third-order valence-electron chi connectivity index (χ3n) is 7.16. The molecule has 1 aliphatic heterocycles. The molecule has 6 rings (SSSR count). The van der Waals surface area contributed by atoms with Crippen molar-refractivity contribution in [2.75, 3.05) is 23.7 Å². The highest BCUT2D eigenvalue weighted by atomic mass is 19.2. The number of piperidine rings is 1. The molecule has 40 heavy (non-hydrogen) atoms. The number of nitrogens with two attached hydrogens (primary N) is 2. The summed E-state index contributed by atoms with van der Waals surface area (Å²) in [5, 5.41) is 9.59. The zero-order valence-electron chi connectivity index (χ0n) is 21.1. The summed E-state index contributed by atoms with van der Waals surface area (Å²) in [6, 6.07) is 8.17. The fourth-order valence-corrected chi connectivity index (χ4v) is 5.12. The number of rotatable bonds is 5. The van der Waals surface area contributed by atoms with E-state index < -0.39 is 28.9 Å². The van der Waals surface area contributed by atoms with Crippen molar-refractivity contribution in [1.29, 1.82) is 0 Å². The fourth-order valence-electron chi connectivity index (χ4n) is 5.12. The van der Waals surface area contributed by atoms with Crippen LogP contribution in [0.5, 0.6) is 5.75 Å².